The molecule has 1 N–H and O–H groups in total. The van der Waals surface area contributed by atoms with E-state index in [1.54, 1.807) is 30.0 Å². The van der Waals surface area contributed by atoms with Gasteiger partial charge in [-0.1, -0.05) is 35.9 Å². The van der Waals surface area contributed by atoms with Crippen molar-refractivity contribution in [2.45, 2.75) is 32.9 Å². The van der Waals surface area contributed by atoms with Crippen molar-refractivity contribution in [1.82, 2.24) is 9.78 Å². The molecule has 2 aromatic carbocycles. The Morgan fingerprint density at radius 2 is 1.90 bits per heavy atom. The van der Waals surface area contributed by atoms with E-state index in [4.69, 9.17) is 11.6 Å². The molecular formula is C23H21ClN4O3. The maximum absolute atomic E-state index is 13.2. The topological polar surface area (TPSA) is 84.3 Å². The molecule has 1 aromatic heterocycles. The summed E-state index contributed by atoms with van der Waals surface area (Å²) in [6.45, 7) is 3.43. The lowest BCUT2D eigenvalue weighted by Gasteiger charge is -2.22. The van der Waals surface area contributed by atoms with Crippen LogP contribution in [0.4, 0.5) is 11.4 Å². The number of halogens is 1. The summed E-state index contributed by atoms with van der Waals surface area (Å²) < 4.78 is 0.995. The van der Waals surface area contributed by atoms with Gasteiger partial charge in [0, 0.05) is 28.5 Å². The van der Waals surface area contributed by atoms with E-state index >= 15 is 0 Å². The predicted octanol–water partition coefficient (Wildman–Crippen LogP) is 3.44. The molecule has 7 nitrogen and oxygen atoms in total. The number of hydrogen-bond acceptors (Lipinski definition) is 4. The van der Waals surface area contributed by atoms with Crippen molar-refractivity contribution in [1.29, 1.82) is 0 Å². The zero-order valence-electron chi connectivity index (χ0n) is 17.1. The van der Waals surface area contributed by atoms with E-state index in [2.05, 4.69) is 10.4 Å². The van der Waals surface area contributed by atoms with Gasteiger partial charge in [-0.2, -0.15) is 5.10 Å². The van der Waals surface area contributed by atoms with Gasteiger partial charge in [0.2, 0.25) is 5.91 Å². The van der Waals surface area contributed by atoms with Crippen molar-refractivity contribution in [3.63, 3.8) is 0 Å². The summed E-state index contributed by atoms with van der Waals surface area (Å²) in [6.07, 6.45) is 0.753. The van der Waals surface area contributed by atoms with Crippen LogP contribution >= 0.6 is 11.6 Å². The van der Waals surface area contributed by atoms with Crippen LogP contribution in [0.15, 0.2) is 59.4 Å². The maximum atomic E-state index is 13.2. The molecule has 31 heavy (non-hydrogen) atoms. The summed E-state index contributed by atoms with van der Waals surface area (Å²) in [6, 6.07) is 15.5. The predicted molar refractivity (Wildman–Crippen MR) is 120 cm³/mol. The van der Waals surface area contributed by atoms with Crippen LogP contribution in [0.2, 0.25) is 5.02 Å². The zero-order chi connectivity index (χ0) is 22.1. The molecule has 1 aliphatic heterocycles. The lowest BCUT2D eigenvalue weighted by atomic mass is 10.1. The Kier molecular flexibility index (Phi) is 5.61. The maximum Gasteiger partial charge on any atom is 0.278 e. The number of hydrogen-bond donors (Lipinski definition) is 1. The number of carbonyl (C=O) groups is 2. The third-order valence-electron chi connectivity index (χ3n) is 5.35. The largest absolute Gasteiger partial charge is 0.324 e. The van der Waals surface area contributed by atoms with Gasteiger partial charge in [0.1, 0.15) is 12.2 Å². The Hall–Kier alpha value is -3.45. The van der Waals surface area contributed by atoms with Gasteiger partial charge in [-0.15, -0.1) is 0 Å². The average Bonchev–Trinajstić information content (AvgIpc) is 3.08. The summed E-state index contributed by atoms with van der Waals surface area (Å²) in [7, 11) is 0. The van der Waals surface area contributed by atoms with Crippen LogP contribution in [-0.4, -0.2) is 27.6 Å². The van der Waals surface area contributed by atoms with Gasteiger partial charge in [-0.05, 0) is 55.7 Å². The Morgan fingerprint density at radius 3 is 2.71 bits per heavy atom. The van der Waals surface area contributed by atoms with E-state index in [-0.39, 0.29) is 24.2 Å². The molecule has 0 fully saturated rings. The molecule has 0 saturated heterocycles. The number of benzene rings is 2. The van der Waals surface area contributed by atoms with Crippen molar-refractivity contribution in [3.8, 4) is 0 Å². The molecule has 1 atom stereocenters. The van der Waals surface area contributed by atoms with Gasteiger partial charge in [-0.25, -0.2) is 4.68 Å². The third kappa shape index (κ3) is 4.09. The van der Waals surface area contributed by atoms with Gasteiger partial charge in [0.25, 0.3) is 11.5 Å². The van der Waals surface area contributed by atoms with Crippen molar-refractivity contribution >= 4 is 34.8 Å². The minimum absolute atomic E-state index is 0.0267. The van der Waals surface area contributed by atoms with Crippen LogP contribution in [0.1, 0.15) is 28.5 Å². The molecule has 3 aromatic rings. The van der Waals surface area contributed by atoms with Crippen LogP contribution in [0, 0.1) is 6.92 Å². The molecule has 1 aliphatic rings. The van der Waals surface area contributed by atoms with Gasteiger partial charge >= 0.3 is 0 Å². The van der Waals surface area contributed by atoms with E-state index < -0.39 is 11.5 Å². The van der Waals surface area contributed by atoms with Crippen LogP contribution in [0.5, 0.6) is 0 Å². The second-order valence-electron chi connectivity index (χ2n) is 7.53. The van der Waals surface area contributed by atoms with Crippen molar-refractivity contribution in [3.05, 3.63) is 86.8 Å². The first-order chi connectivity index (χ1) is 14.8. The summed E-state index contributed by atoms with van der Waals surface area (Å²) in [5, 5.41) is 7.43. The SMILES string of the molecule is Cc1c(Cl)cccc1NC(=O)Cn1nc(C(=O)N2c3ccccc3C[C@@H]2C)ccc1=O. The van der Waals surface area contributed by atoms with Crippen molar-refractivity contribution < 1.29 is 9.59 Å². The molecule has 4 rings (SSSR count). The Labute approximate surface area is 184 Å². The van der Waals surface area contributed by atoms with Crippen LogP contribution in [0.3, 0.4) is 0 Å². The molecule has 8 heteroatoms. The third-order valence-corrected chi connectivity index (χ3v) is 5.76. The van der Waals surface area contributed by atoms with Gasteiger partial charge in [-0.3, -0.25) is 14.4 Å². The number of para-hydroxylation sites is 1. The Balaban J connectivity index is 1.56. The second kappa shape index (κ2) is 8.35. The zero-order valence-corrected chi connectivity index (χ0v) is 17.9. The first-order valence-corrected chi connectivity index (χ1v) is 10.3. The van der Waals surface area contributed by atoms with E-state index in [1.165, 1.54) is 12.1 Å². The molecule has 0 bridgehead atoms. The highest BCUT2D eigenvalue weighted by Gasteiger charge is 2.32. The fourth-order valence-corrected chi connectivity index (χ4v) is 3.92. The average molecular weight is 437 g/mol. The fraction of sp³-hybridized carbons (Fsp3) is 0.217. The summed E-state index contributed by atoms with van der Waals surface area (Å²) in [4.78, 5) is 39.6. The first-order valence-electron chi connectivity index (χ1n) is 9.89. The van der Waals surface area contributed by atoms with Crippen LogP contribution in [0.25, 0.3) is 0 Å². The molecule has 158 valence electrons. The van der Waals surface area contributed by atoms with Crippen LogP contribution < -0.4 is 15.8 Å². The van der Waals surface area contributed by atoms with Gasteiger partial charge in [0.05, 0.1) is 0 Å². The van der Waals surface area contributed by atoms with Crippen molar-refractivity contribution in [2.24, 2.45) is 0 Å². The number of rotatable bonds is 4. The minimum Gasteiger partial charge on any atom is -0.324 e. The molecule has 0 saturated carbocycles. The standard InChI is InChI=1S/C23H21ClN4O3/c1-14-12-16-6-3-4-9-20(16)28(14)23(31)19-10-11-22(30)27(26-19)13-21(29)25-18-8-5-7-17(24)15(18)2/h3-11,14H,12-13H2,1-2H3,(H,25,29)/t14-/m0/s1. The van der Waals surface area contributed by atoms with Crippen molar-refractivity contribution in [2.75, 3.05) is 10.2 Å². The number of fused-ring (bicyclic) bond motifs is 1. The first kappa shape index (κ1) is 20.8. The Bertz CT molecular complexity index is 1240. The van der Waals surface area contributed by atoms with E-state index in [1.807, 2.05) is 31.2 Å². The highest BCUT2D eigenvalue weighted by molar-refractivity contribution is 6.31. The highest BCUT2D eigenvalue weighted by Crippen LogP contribution is 2.32. The number of aromatic nitrogens is 2. The molecule has 0 aliphatic carbocycles. The number of nitrogens with zero attached hydrogens (tertiary/aromatic N) is 3. The minimum atomic E-state index is -0.468. The summed E-state index contributed by atoms with van der Waals surface area (Å²) in [5.74, 6) is -0.748. The number of anilines is 2. The molecule has 0 radical (unpaired) electrons. The monoisotopic (exact) mass is 436 g/mol. The molecular weight excluding hydrogens is 416 g/mol. The lowest BCUT2D eigenvalue weighted by molar-refractivity contribution is -0.117. The quantitative estimate of drug-likeness (QED) is 0.679. The number of amides is 2. The molecule has 0 unspecified atom stereocenters. The smallest absolute Gasteiger partial charge is 0.278 e. The lowest BCUT2D eigenvalue weighted by Crippen LogP contribution is -2.38. The number of nitrogens with one attached hydrogen (secondary N) is 1. The van der Waals surface area contributed by atoms with Crippen LogP contribution in [-0.2, 0) is 17.8 Å². The Morgan fingerprint density at radius 1 is 1.13 bits per heavy atom. The fourth-order valence-electron chi connectivity index (χ4n) is 3.74. The normalized spacial score (nSPS) is 14.9. The summed E-state index contributed by atoms with van der Waals surface area (Å²) >= 11 is 6.09. The molecule has 0 spiro atoms. The van der Waals surface area contributed by atoms with Gasteiger partial charge in [0.15, 0.2) is 0 Å². The molecule has 2 amide bonds. The summed E-state index contributed by atoms with van der Waals surface area (Å²) in [5.41, 5.74) is 2.85. The highest BCUT2D eigenvalue weighted by atomic mass is 35.5. The van der Waals surface area contributed by atoms with E-state index in [9.17, 15) is 14.4 Å². The second-order valence-corrected chi connectivity index (χ2v) is 7.94. The number of carbonyl (C=O) groups excluding carboxylic acids is 2. The molecule has 2 heterocycles. The van der Waals surface area contributed by atoms with E-state index in [0.29, 0.717) is 10.7 Å². The van der Waals surface area contributed by atoms with E-state index in [0.717, 1.165) is 27.9 Å². The van der Waals surface area contributed by atoms with Gasteiger partial charge < -0.3 is 10.2 Å².